The Bertz CT molecular complexity index is 2840. The molecule has 16 heteroatoms. The molecule has 0 amide bonds. The number of nitrogens with zero attached hydrogens (tertiary/aromatic N) is 6. The highest BCUT2D eigenvalue weighted by atomic mass is 35.5. The van der Waals surface area contributed by atoms with Crippen molar-refractivity contribution in [3.63, 3.8) is 0 Å². The van der Waals surface area contributed by atoms with E-state index < -0.39 is 20.0 Å². The van der Waals surface area contributed by atoms with Crippen LogP contribution in [0.5, 0.6) is 0 Å². The molecule has 6 aromatic rings. The van der Waals surface area contributed by atoms with Crippen molar-refractivity contribution >= 4 is 76.2 Å². The molecule has 340 valence electrons. The summed E-state index contributed by atoms with van der Waals surface area (Å²) >= 11 is 15.5. The molecule has 2 aliphatic rings. The summed E-state index contributed by atoms with van der Waals surface area (Å²) in [5.41, 5.74) is 12.2. The van der Waals surface area contributed by atoms with E-state index in [1.54, 1.807) is 37.4 Å². The van der Waals surface area contributed by atoms with E-state index in [2.05, 4.69) is 47.2 Å². The normalized spacial score (nSPS) is 15.3. The Hall–Kier alpha value is -3.86. The lowest BCUT2D eigenvalue weighted by Crippen LogP contribution is -2.48. The maximum absolute atomic E-state index is 13.3. The summed E-state index contributed by atoms with van der Waals surface area (Å²) in [6.07, 6.45) is 1.46. The van der Waals surface area contributed by atoms with Crippen LogP contribution in [0.25, 0.3) is 0 Å². The van der Waals surface area contributed by atoms with E-state index in [9.17, 15) is 16.8 Å². The second-order valence-electron chi connectivity index (χ2n) is 17.0. The fourth-order valence-electron chi connectivity index (χ4n) is 8.74. The first-order chi connectivity index (χ1) is 30.3. The van der Waals surface area contributed by atoms with E-state index in [1.807, 2.05) is 83.3 Å². The third kappa shape index (κ3) is 10.9. The first kappa shape index (κ1) is 48.1. The van der Waals surface area contributed by atoms with Gasteiger partial charge in [0.1, 0.15) is 0 Å². The molecule has 8 rings (SSSR count). The number of sulfonamides is 2. The summed E-state index contributed by atoms with van der Waals surface area (Å²) in [7, 11) is -7.03. The van der Waals surface area contributed by atoms with E-state index in [0.29, 0.717) is 78.6 Å². The summed E-state index contributed by atoms with van der Waals surface area (Å²) in [6, 6.07) is 19.8. The minimum absolute atomic E-state index is 0.438. The molecule has 0 unspecified atom stereocenters. The molecule has 2 saturated heterocycles. The second kappa shape index (κ2) is 19.9. The number of thiazole rings is 2. The van der Waals surface area contributed by atoms with Gasteiger partial charge in [-0.2, -0.15) is 8.61 Å². The van der Waals surface area contributed by atoms with Gasteiger partial charge in [0.2, 0.25) is 20.0 Å². The van der Waals surface area contributed by atoms with Gasteiger partial charge in [0.25, 0.3) is 0 Å². The Kier molecular flexibility index (Phi) is 15.0. The highest BCUT2D eigenvalue weighted by Crippen LogP contribution is 2.32. The Balaban J connectivity index is 0.000000191. The topological polar surface area (TPSA) is 107 Å². The van der Waals surface area contributed by atoms with Crippen molar-refractivity contribution in [2.45, 2.75) is 78.0 Å². The van der Waals surface area contributed by atoms with Crippen molar-refractivity contribution in [3.05, 3.63) is 148 Å². The lowest BCUT2D eigenvalue weighted by molar-refractivity contribution is 0.384. The van der Waals surface area contributed by atoms with Crippen LogP contribution >= 0.6 is 45.9 Å². The van der Waals surface area contributed by atoms with Crippen LogP contribution in [0.3, 0.4) is 0 Å². The van der Waals surface area contributed by atoms with Gasteiger partial charge in [-0.25, -0.2) is 26.8 Å². The third-order valence-corrected chi connectivity index (χ3v) is 18.7. The van der Waals surface area contributed by atoms with Gasteiger partial charge in [-0.1, -0.05) is 88.4 Å². The maximum atomic E-state index is 13.3. The molecule has 4 aromatic carbocycles. The van der Waals surface area contributed by atoms with Crippen molar-refractivity contribution in [2.75, 3.05) is 62.2 Å². The molecule has 2 aromatic heterocycles. The van der Waals surface area contributed by atoms with E-state index in [1.165, 1.54) is 16.7 Å². The van der Waals surface area contributed by atoms with Crippen molar-refractivity contribution in [3.8, 4) is 0 Å². The summed E-state index contributed by atoms with van der Waals surface area (Å²) in [5, 5.41) is 7.28. The molecule has 0 atom stereocenters. The van der Waals surface area contributed by atoms with Crippen molar-refractivity contribution in [1.82, 2.24) is 18.6 Å². The molecule has 10 nitrogen and oxygen atoms in total. The van der Waals surface area contributed by atoms with Gasteiger partial charge < -0.3 is 9.80 Å². The van der Waals surface area contributed by atoms with Gasteiger partial charge in [-0.3, -0.25) is 0 Å². The minimum Gasteiger partial charge on any atom is -0.345 e. The molecule has 0 N–H and O–H groups in total. The Morgan fingerprint density at radius 3 is 1.34 bits per heavy atom. The molecule has 2 aliphatic heterocycles. The lowest BCUT2D eigenvalue weighted by Gasteiger charge is -2.34. The molecule has 64 heavy (non-hydrogen) atoms. The van der Waals surface area contributed by atoms with Crippen molar-refractivity contribution in [2.24, 2.45) is 0 Å². The number of piperazine rings is 2. The molecule has 0 aliphatic carbocycles. The molecular weight excluding hydrogens is 924 g/mol. The summed E-state index contributed by atoms with van der Waals surface area (Å²) in [4.78, 5) is 14.9. The number of aryl methyl sites for hydroxylation is 8. The Labute approximate surface area is 397 Å². The molecular formula is C48H56Cl2N6O4S4. The van der Waals surface area contributed by atoms with Crippen molar-refractivity contribution in [1.29, 1.82) is 0 Å². The molecule has 0 bridgehead atoms. The number of hydrogen-bond acceptors (Lipinski definition) is 10. The number of aromatic nitrogens is 2. The number of halogens is 2. The number of benzene rings is 4. The summed E-state index contributed by atoms with van der Waals surface area (Å²) in [6.45, 7) is 20.1. The molecule has 0 spiro atoms. The SMILES string of the molecule is Cc1cc(C)c(S(=O)(=O)N2CCN(c3nc(Cc4cc(C)ccc4C)cs3)CC2)c(C)c1.Cc1cc(C)c(S(=O)(=O)N2CCN(c3nc(Cc4ccc(Cl)cc4Cl)cs3)CC2)c(C)c1. The van der Waals surface area contributed by atoms with Crippen LogP contribution in [0.15, 0.2) is 81.2 Å². The van der Waals surface area contributed by atoms with E-state index in [0.717, 1.165) is 67.0 Å². The smallest absolute Gasteiger partial charge is 0.243 e. The van der Waals surface area contributed by atoms with E-state index in [-0.39, 0.29) is 0 Å². The zero-order chi connectivity index (χ0) is 46.1. The fourth-order valence-corrected chi connectivity index (χ4v) is 14.6. The first-order valence-corrected chi connectivity index (χ1v) is 26.7. The average Bonchev–Trinajstić information content (AvgIpc) is 3.90. The Morgan fingerprint density at radius 2 is 0.922 bits per heavy atom. The summed E-state index contributed by atoms with van der Waals surface area (Å²) in [5.74, 6) is 0. The number of rotatable bonds is 10. The second-order valence-corrected chi connectivity index (χ2v) is 23.3. The highest BCUT2D eigenvalue weighted by molar-refractivity contribution is 7.89. The minimum atomic E-state index is -3.53. The van der Waals surface area contributed by atoms with Gasteiger partial charge in [0.05, 0.1) is 21.2 Å². The van der Waals surface area contributed by atoms with Crippen LogP contribution in [-0.2, 0) is 32.9 Å². The quantitative estimate of drug-likeness (QED) is 0.134. The lowest BCUT2D eigenvalue weighted by atomic mass is 10.0. The van der Waals surface area contributed by atoms with Crippen LogP contribution in [0.1, 0.15) is 67.0 Å². The fraction of sp³-hybridized carbons (Fsp3) is 0.375. The average molecular weight is 980 g/mol. The van der Waals surface area contributed by atoms with Crippen LogP contribution in [0.2, 0.25) is 10.0 Å². The van der Waals surface area contributed by atoms with Gasteiger partial charge in [-0.05, 0) is 106 Å². The zero-order valence-electron chi connectivity index (χ0n) is 37.7. The predicted octanol–water partition coefficient (Wildman–Crippen LogP) is 10.3. The van der Waals surface area contributed by atoms with Crippen LogP contribution in [0.4, 0.5) is 10.3 Å². The molecule has 0 radical (unpaired) electrons. The van der Waals surface area contributed by atoms with Gasteiger partial charge in [0.15, 0.2) is 10.3 Å². The van der Waals surface area contributed by atoms with Gasteiger partial charge in [-0.15, -0.1) is 22.7 Å². The van der Waals surface area contributed by atoms with Crippen LogP contribution in [0, 0.1) is 55.4 Å². The zero-order valence-corrected chi connectivity index (χ0v) is 42.5. The maximum Gasteiger partial charge on any atom is 0.243 e. The monoisotopic (exact) mass is 978 g/mol. The van der Waals surface area contributed by atoms with E-state index in [4.69, 9.17) is 33.2 Å². The Morgan fingerprint density at radius 1 is 0.500 bits per heavy atom. The number of anilines is 2. The van der Waals surface area contributed by atoms with E-state index >= 15 is 0 Å². The third-order valence-electron chi connectivity index (χ3n) is 11.8. The molecule has 2 fully saturated rings. The highest BCUT2D eigenvalue weighted by Gasteiger charge is 2.33. The largest absolute Gasteiger partial charge is 0.345 e. The van der Waals surface area contributed by atoms with Crippen molar-refractivity contribution < 1.29 is 16.8 Å². The van der Waals surface area contributed by atoms with Crippen LogP contribution < -0.4 is 9.80 Å². The molecule has 4 heterocycles. The standard InChI is InChI=1S/C25H31N3O2S2.C23H25Cl2N3O2S2/c1-17-6-7-19(3)22(14-17)15-23-16-31-25(26-23)27-8-10-28(11-9-27)32(29,30)24-20(4)12-18(2)13-21(24)5;1-15-10-16(2)22(17(3)11-15)32(29,30)28-8-6-27(7-9-28)23-26-20(14-31-23)12-18-4-5-19(24)13-21(18)25/h6-7,12-14,16H,8-11,15H2,1-5H3;4-5,10-11,13-14H,6-9,12H2,1-3H3. The first-order valence-electron chi connectivity index (χ1n) is 21.3. The van der Waals surface area contributed by atoms with Crippen LogP contribution in [-0.4, -0.2) is 87.8 Å². The number of hydrogen-bond donors (Lipinski definition) is 0. The summed E-state index contributed by atoms with van der Waals surface area (Å²) < 4.78 is 56.5. The predicted molar refractivity (Wildman–Crippen MR) is 265 cm³/mol. The molecule has 0 saturated carbocycles. The van der Waals surface area contributed by atoms with Gasteiger partial charge in [0, 0.05) is 86.0 Å². The van der Waals surface area contributed by atoms with Gasteiger partial charge >= 0.3 is 0 Å².